The van der Waals surface area contributed by atoms with Crippen LogP contribution in [0.5, 0.6) is 0 Å². The predicted molar refractivity (Wildman–Crippen MR) is 106 cm³/mol. The minimum atomic E-state index is -0.360. The lowest BCUT2D eigenvalue weighted by atomic mass is 9.90. The predicted octanol–water partition coefficient (Wildman–Crippen LogP) is 3.89. The van der Waals surface area contributed by atoms with Crippen LogP contribution >= 0.6 is 11.3 Å². The first kappa shape index (κ1) is 18.1. The van der Waals surface area contributed by atoms with Crippen molar-refractivity contribution in [2.24, 2.45) is 5.92 Å². The number of carbonyl (C=O) groups excluding carboxylic acids is 2. The van der Waals surface area contributed by atoms with Crippen LogP contribution in [-0.2, 0) is 9.59 Å². The van der Waals surface area contributed by atoms with E-state index in [-0.39, 0.29) is 24.2 Å². The number of hydrogen-bond donors (Lipinski definition) is 1. The van der Waals surface area contributed by atoms with Crippen LogP contribution in [0, 0.1) is 12.8 Å². The van der Waals surface area contributed by atoms with Crippen molar-refractivity contribution in [1.82, 2.24) is 10.2 Å². The Bertz CT molecular complexity index is 827. The molecule has 0 unspecified atom stereocenters. The number of aryl methyl sites for hydroxylation is 1. The maximum Gasteiger partial charge on any atom is 0.231 e. The van der Waals surface area contributed by atoms with E-state index in [1.54, 1.807) is 4.90 Å². The lowest BCUT2D eigenvalue weighted by molar-refractivity contribution is -0.122. The summed E-state index contributed by atoms with van der Waals surface area (Å²) >= 11 is 1.47. The molecule has 1 aliphatic heterocycles. The van der Waals surface area contributed by atoms with Crippen molar-refractivity contribution in [2.75, 3.05) is 16.8 Å². The van der Waals surface area contributed by atoms with Crippen LogP contribution < -0.4 is 10.2 Å². The fraction of sp³-hybridized carbons (Fsp3) is 0.500. The third-order valence-electron chi connectivity index (χ3n) is 5.47. The highest BCUT2D eigenvalue weighted by Crippen LogP contribution is 2.35. The molecule has 2 fully saturated rings. The first-order valence-corrected chi connectivity index (χ1v) is 10.4. The summed E-state index contributed by atoms with van der Waals surface area (Å²) in [4.78, 5) is 26.7. The highest BCUT2D eigenvalue weighted by molar-refractivity contribution is 7.15. The van der Waals surface area contributed by atoms with E-state index in [1.807, 2.05) is 31.2 Å². The summed E-state index contributed by atoms with van der Waals surface area (Å²) in [6, 6.07) is 7.80. The molecule has 1 atom stereocenters. The Kier molecular flexibility index (Phi) is 5.20. The van der Waals surface area contributed by atoms with Crippen LogP contribution in [0.25, 0.3) is 0 Å². The van der Waals surface area contributed by atoms with Crippen LogP contribution in [0.2, 0.25) is 0 Å². The van der Waals surface area contributed by atoms with Crippen molar-refractivity contribution in [2.45, 2.75) is 51.4 Å². The average Bonchev–Trinajstić information content (AvgIpc) is 3.30. The van der Waals surface area contributed by atoms with Crippen LogP contribution in [0.1, 0.15) is 55.0 Å². The largest absolute Gasteiger partial charge is 0.312 e. The highest BCUT2D eigenvalue weighted by Gasteiger charge is 2.35. The van der Waals surface area contributed by atoms with Crippen molar-refractivity contribution >= 4 is 34.0 Å². The van der Waals surface area contributed by atoms with Gasteiger partial charge in [0.1, 0.15) is 5.01 Å². The zero-order valence-electron chi connectivity index (χ0n) is 15.5. The summed E-state index contributed by atoms with van der Waals surface area (Å²) < 4.78 is 0. The number of nitrogens with zero attached hydrogens (tertiary/aromatic N) is 3. The summed E-state index contributed by atoms with van der Waals surface area (Å²) in [5, 5.41) is 12.9. The first-order valence-electron chi connectivity index (χ1n) is 9.61. The molecule has 2 heterocycles. The van der Waals surface area contributed by atoms with Gasteiger partial charge < -0.3 is 10.2 Å². The summed E-state index contributed by atoms with van der Waals surface area (Å²) in [6.45, 7) is 2.41. The molecule has 1 aromatic carbocycles. The number of carbonyl (C=O) groups is 2. The molecule has 1 aliphatic carbocycles. The van der Waals surface area contributed by atoms with Gasteiger partial charge in [-0.05, 0) is 31.9 Å². The highest BCUT2D eigenvalue weighted by atomic mass is 32.1. The number of aromatic nitrogens is 2. The van der Waals surface area contributed by atoms with Gasteiger partial charge in [-0.2, -0.15) is 0 Å². The van der Waals surface area contributed by atoms with Crippen LogP contribution in [0.3, 0.4) is 0 Å². The minimum absolute atomic E-state index is 0.0147. The molecule has 7 heteroatoms. The van der Waals surface area contributed by atoms with Crippen LogP contribution in [0.15, 0.2) is 24.3 Å². The fourth-order valence-corrected chi connectivity index (χ4v) is 4.78. The third-order valence-corrected chi connectivity index (χ3v) is 6.47. The average molecular weight is 385 g/mol. The lowest BCUT2D eigenvalue weighted by Crippen LogP contribution is -2.28. The summed E-state index contributed by atoms with van der Waals surface area (Å²) in [7, 11) is 0. The summed E-state index contributed by atoms with van der Waals surface area (Å²) in [6.07, 6.45) is 6.33. The van der Waals surface area contributed by atoms with Crippen molar-refractivity contribution in [3.63, 3.8) is 0 Å². The second-order valence-corrected chi connectivity index (χ2v) is 8.52. The van der Waals surface area contributed by atoms with Gasteiger partial charge in [0, 0.05) is 24.6 Å². The molecule has 0 bridgehead atoms. The zero-order chi connectivity index (χ0) is 18.8. The van der Waals surface area contributed by atoms with Gasteiger partial charge in [0.2, 0.25) is 16.9 Å². The number of benzene rings is 1. The van der Waals surface area contributed by atoms with Gasteiger partial charge >= 0.3 is 0 Å². The Hall–Kier alpha value is -2.28. The molecule has 2 aromatic rings. The van der Waals surface area contributed by atoms with Crippen molar-refractivity contribution < 1.29 is 9.59 Å². The van der Waals surface area contributed by atoms with E-state index in [2.05, 4.69) is 15.5 Å². The molecular weight excluding hydrogens is 360 g/mol. The molecule has 6 nitrogen and oxygen atoms in total. The normalized spacial score (nSPS) is 20.9. The fourth-order valence-electron chi connectivity index (χ4n) is 3.86. The first-order chi connectivity index (χ1) is 13.1. The van der Waals surface area contributed by atoms with Crippen LogP contribution in [0.4, 0.5) is 10.8 Å². The van der Waals surface area contributed by atoms with Crippen molar-refractivity contribution in [1.29, 1.82) is 0 Å². The smallest absolute Gasteiger partial charge is 0.231 e. The van der Waals surface area contributed by atoms with Gasteiger partial charge in [-0.3, -0.25) is 9.59 Å². The Labute approximate surface area is 163 Å². The minimum Gasteiger partial charge on any atom is -0.312 e. The number of rotatable bonds is 4. The van der Waals surface area contributed by atoms with E-state index in [0.29, 0.717) is 17.6 Å². The van der Waals surface area contributed by atoms with E-state index in [9.17, 15) is 9.59 Å². The van der Waals surface area contributed by atoms with Gasteiger partial charge in [0.05, 0.1) is 5.92 Å². The molecule has 1 N–H and O–H groups in total. The van der Waals surface area contributed by atoms with E-state index in [0.717, 1.165) is 29.1 Å². The number of hydrogen-bond acceptors (Lipinski definition) is 5. The van der Waals surface area contributed by atoms with Gasteiger partial charge in [-0.1, -0.05) is 48.3 Å². The molecule has 1 aromatic heterocycles. The molecular formula is C20H24N4O2S. The molecule has 2 amide bonds. The second kappa shape index (κ2) is 7.76. The van der Waals surface area contributed by atoms with Crippen molar-refractivity contribution in [3.05, 3.63) is 34.8 Å². The number of anilines is 2. The van der Waals surface area contributed by atoms with Gasteiger partial charge in [0.25, 0.3) is 0 Å². The Morgan fingerprint density at radius 1 is 1.15 bits per heavy atom. The Balaban J connectivity index is 1.38. The monoisotopic (exact) mass is 384 g/mol. The maximum absolute atomic E-state index is 12.6. The van der Waals surface area contributed by atoms with E-state index in [4.69, 9.17) is 0 Å². The molecule has 0 radical (unpaired) electrons. The van der Waals surface area contributed by atoms with E-state index >= 15 is 0 Å². The van der Waals surface area contributed by atoms with Gasteiger partial charge in [0.15, 0.2) is 0 Å². The quantitative estimate of drug-likeness (QED) is 0.868. The summed E-state index contributed by atoms with van der Waals surface area (Å²) in [5.41, 5.74) is 1.99. The van der Waals surface area contributed by atoms with E-state index in [1.165, 1.54) is 30.6 Å². The van der Waals surface area contributed by atoms with Crippen molar-refractivity contribution in [3.8, 4) is 0 Å². The zero-order valence-corrected chi connectivity index (χ0v) is 16.3. The van der Waals surface area contributed by atoms with Crippen LogP contribution in [-0.4, -0.2) is 28.6 Å². The molecule has 1 saturated heterocycles. The SMILES string of the molecule is Cc1ccc(N2C[C@@H](C(=O)Nc3nnc(C4CCCCC4)s3)CC2=O)cc1. The number of nitrogens with one attached hydrogen (secondary N) is 1. The molecule has 1 saturated carbocycles. The van der Waals surface area contributed by atoms with Gasteiger partial charge in [-0.15, -0.1) is 10.2 Å². The molecule has 27 heavy (non-hydrogen) atoms. The third kappa shape index (κ3) is 4.03. The second-order valence-electron chi connectivity index (χ2n) is 7.51. The molecule has 142 valence electrons. The molecule has 2 aliphatic rings. The summed E-state index contributed by atoms with van der Waals surface area (Å²) in [5.74, 6) is -0.0451. The van der Waals surface area contributed by atoms with Gasteiger partial charge in [-0.25, -0.2) is 0 Å². The Morgan fingerprint density at radius 2 is 1.89 bits per heavy atom. The molecule has 0 spiro atoms. The lowest BCUT2D eigenvalue weighted by Gasteiger charge is -2.18. The van der Waals surface area contributed by atoms with E-state index < -0.39 is 0 Å². The maximum atomic E-state index is 12.6. The number of amides is 2. The molecule has 4 rings (SSSR count). The Morgan fingerprint density at radius 3 is 2.63 bits per heavy atom. The standard InChI is InChI=1S/C20H24N4O2S/c1-13-7-9-16(10-8-13)24-12-15(11-17(24)25)18(26)21-20-23-22-19(27-20)14-5-3-2-4-6-14/h7-10,14-15H,2-6,11-12H2,1H3,(H,21,23,26)/t15-/m0/s1. The topological polar surface area (TPSA) is 75.2 Å².